The van der Waals surface area contributed by atoms with Gasteiger partial charge >= 0.3 is 0 Å². The van der Waals surface area contributed by atoms with Crippen molar-refractivity contribution in [3.8, 4) is 28.0 Å². The third-order valence-corrected chi connectivity index (χ3v) is 7.21. The van der Waals surface area contributed by atoms with E-state index in [0.717, 1.165) is 60.5 Å². The van der Waals surface area contributed by atoms with Crippen molar-refractivity contribution in [3.05, 3.63) is 59.9 Å². The molecule has 2 aromatic carbocycles. The van der Waals surface area contributed by atoms with Gasteiger partial charge in [-0.3, -0.25) is 9.88 Å². The number of aromatic hydroxyl groups is 1. The lowest BCUT2D eigenvalue weighted by atomic mass is 9.97. The lowest BCUT2D eigenvalue weighted by Crippen LogP contribution is -2.39. The summed E-state index contributed by atoms with van der Waals surface area (Å²) in [6.07, 6.45) is 4.87. The van der Waals surface area contributed by atoms with E-state index in [2.05, 4.69) is 16.0 Å². The average Bonchev–Trinajstić information content (AvgIpc) is 3.17. The minimum Gasteiger partial charge on any atom is -0.507 e. The molecular weight excluding hydrogens is 450 g/mol. The smallest absolute Gasteiger partial charge is 0.186 e. The van der Waals surface area contributed by atoms with Gasteiger partial charge in [0.15, 0.2) is 6.35 Å². The molecule has 2 saturated heterocycles. The van der Waals surface area contributed by atoms with Crippen molar-refractivity contribution in [2.24, 2.45) is 5.73 Å². The van der Waals surface area contributed by atoms with Crippen LogP contribution in [0.2, 0.25) is 5.02 Å². The Morgan fingerprint density at radius 1 is 0.971 bits per heavy atom. The topological polar surface area (TPSA) is 89.1 Å². The monoisotopic (exact) mass is 479 g/mol. The molecule has 178 valence electrons. The summed E-state index contributed by atoms with van der Waals surface area (Å²) >= 11 is 6.62. The van der Waals surface area contributed by atoms with Gasteiger partial charge in [-0.05, 0) is 43.7 Å². The van der Waals surface area contributed by atoms with Crippen LogP contribution in [0.15, 0.2) is 54.9 Å². The summed E-state index contributed by atoms with van der Waals surface area (Å²) < 4.78 is 0. The van der Waals surface area contributed by atoms with Gasteiger partial charge in [0.05, 0.1) is 22.6 Å². The van der Waals surface area contributed by atoms with E-state index in [4.69, 9.17) is 17.3 Å². The zero-order valence-electron chi connectivity index (χ0n) is 19.2. The van der Waals surface area contributed by atoms with Crippen molar-refractivity contribution in [3.63, 3.8) is 0 Å². The molecule has 0 amide bonds. The number of nitrogens with zero attached hydrogens (tertiary/aromatic N) is 4. The molecule has 2 aliphatic heterocycles. The predicted molar refractivity (Wildman–Crippen MR) is 137 cm³/mol. The first-order valence-corrected chi connectivity index (χ1v) is 12.0. The molecule has 4 N–H and O–H groups in total. The Morgan fingerprint density at radius 3 is 2.38 bits per heavy atom. The number of aliphatic hydroxyl groups is 1. The second-order valence-corrected chi connectivity index (χ2v) is 9.55. The highest BCUT2D eigenvalue weighted by molar-refractivity contribution is 6.33. The highest BCUT2D eigenvalue weighted by atomic mass is 35.5. The van der Waals surface area contributed by atoms with Gasteiger partial charge in [0, 0.05) is 55.1 Å². The summed E-state index contributed by atoms with van der Waals surface area (Å²) in [5, 5.41) is 22.1. The Morgan fingerprint density at radius 2 is 1.71 bits per heavy atom. The van der Waals surface area contributed by atoms with Crippen LogP contribution in [-0.2, 0) is 0 Å². The first-order valence-electron chi connectivity index (χ1n) is 11.6. The summed E-state index contributed by atoms with van der Waals surface area (Å²) in [7, 11) is 1.88. The first kappa shape index (κ1) is 22.9. The van der Waals surface area contributed by atoms with Gasteiger partial charge in [-0.25, -0.2) is 0 Å². The van der Waals surface area contributed by atoms with Crippen LogP contribution in [0.5, 0.6) is 5.75 Å². The van der Waals surface area contributed by atoms with Crippen molar-refractivity contribution >= 4 is 23.0 Å². The number of piperidine rings is 1. The molecule has 0 bridgehead atoms. The fourth-order valence-corrected chi connectivity index (χ4v) is 5.09. The number of benzene rings is 2. The van der Waals surface area contributed by atoms with E-state index in [1.54, 1.807) is 6.20 Å². The molecule has 1 aromatic heterocycles. The lowest BCUT2D eigenvalue weighted by Gasteiger charge is -2.32. The molecule has 8 heteroatoms. The van der Waals surface area contributed by atoms with Crippen LogP contribution in [-0.4, -0.2) is 65.7 Å². The Balaban J connectivity index is 1.45. The standard InChI is InChI=1S/C26H30ClN5O2/c1-30-11-12-32(26(30)34)24-6-5-17(14-23(24)27)21-3-2-4-22(25(21)33)18-13-20(16-29-15-18)31-9-7-19(28)8-10-31/h2-6,13-16,19,26,33-34H,7-12,28H2,1H3. The van der Waals surface area contributed by atoms with Crippen LogP contribution in [0.4, 0.5) is 11.4 Å². The summed E-state index contributed by atoms with van der Waals surface area (Å²) in [5.74, 6) is 0.187. The van der Waals surface area contributed by atoms with Crippen molar-refractivity contribution in [1.29, 1.82) is 0 Å². The minimum absolute atomic E-state index is 0.187. The third kappa shape index (κ3) is 4.32. The van der Waals surface area contributed by atoms with E-state index in [-0.39, 0.29) is 11.8 Å². The largest absolute Gasteiger partial charge is 0.507 e. The molecule has 2 aliphatic rings. The number of aromatic nitrogens is 1. The molecule has 1 unspecified atom stereocenters. The maximum absolute atomic E-state index is 11.2. The highest BCUT2D eigenvalue weighted by Gasteiger charge is 2.29. The molecule has 0 aliphatic carbocycles. The van der Waals surface area contributed by atoms with E-state index in [9.17, 15) is 10.2 Å². The van der Waals surface area contributed by atoms with Gasteiger partial charge in [-0.1, -0.05) is 35.9 Å². The fourth-order valence-electron chi connectivity index (χ4n) is 4.80. The SMILES string of the molecule is CN1CCN(c2ccc(-c3cccc(-c4cncc(N5CCC(N)CC5)c4)c3O)cc2Cl)C1O. The van der Waals surface area contributed by atoms with Gasteiger partial charge in [0.1, 0.15) is 5.75 Å². The van der Waals surface area contributed by atoms with Crippen molar-refractivity contribution < 1.29 is 10.2 Å². The highest BCUT2D eigenvalue weighted by Crippen LogP contribution is 2.41. The fraction of sp³-hybridized carbons (Fsp3) is 0.346. The van der Waals surface area contributed by atoms with E-state index in [1.807, 2.05) is 59.4 Å². The number of phenolic OH excluding ortho intramolecular Hbond substituents is 1. The Hall–Kier alpha value is -2.84. The zero-order chi connectivity index (χ0) is 23.8. The number of phenols is 1. The van der Waals surface area contributed by atoms with E-state index < -0.39 is 6.35 Å². The molecule has 0 saturated carbocycles. The number of hydrogen-bond donors (Lipinski definition) is 3. The molecule has 7 nitrogen and oxygen atoms in total. The normalized spacial score (nSPS) is 19.7. The Kier molecular flexibility index (Phi) is 6.36. The minimum atomic E-state index is -0.699. The average molecular weight is 480 g/mol. The molecule has 34 heavy (non-hydrogen) atoms. The molecule has 0 spiro atoms. The second kappa shape index (κ2) is 9.43. The van der Waals surface area contributed by atoms with E-state index in [1.165, 1.54) is 0 Å². The van der Waals surface area contributed by atoms with E-state index in [0.29, 0.717) is 17.1 Å². The first-order chi connectivity index (χ1) is 16.4. The van der Waals surface area contributed by atoms with Gasteiger partial charge in [0.25, 0.3) is 0 Å². The van der Waals surface area contributed by atoms with Crippen molar-refractivity contribution in [1.82, 2.24) is 9.88 Å². The zero-order valence-corrected chi connectivity index (χ0v) is 20.0. The van der Waals surface area contributed by atoms with Crippen LogP contribution < -0.4 is 15.5 Å². The molecular formula is C26H30ClN5O2. The summed E-state index contributed by atoms with van der Waals surface area (Å²) in [6.45, 7) is 3.28. The summed E-state index contributed by atoms with van der Waals surface area (Å²) in [6, 6.07) is 13.7. The molecule has 3 aromatic rings. The molecule has 3 heterocycles. The molecule has 1 atom stereocenters. The third-order valence-electron chi connectivity index (χ3n) is 6.91. The molecule has 2 fully saturated rings. The van der Waals surface area contributed by atoms with Gasteiger partial charge in [0.2, 0.25) is 0 Å². The van der Waals surface area contributed by atoms with Gasteiger partial charge < -0.3 is 25.7 Å². The summed E-state index contributed by atoms with van der Waals surface area (Å²) in [4.78, 5) is 10.5. The van der Waals surface area contributed by atoms with Crippen LogP contribution in [0.1, 0.15) is 12.8 Å². The number of para-hydroxylation sites is 1. The predicted octanol–water partition coefficient (Wildman–Crippen LogP) is 3.73. The second-order valence-electron chi connectivity index (χ2n) is 9.14. The number of halogens is 1. The Labute approximate surface area is 205 Å². The van der Waals surface area contributed by atoms with Gasteiger partial charge in [-0.15, -0.1) is 0 Å². The van der Waals surface area contributed by atoms with Crippen molar-refractivity contribution in [2.45, 2.75) is 25.2 Å². The van der Waals surface area contributed by atoms with Crippen LogP contribution in [0.25, 0.3) is 22.3 Å². The number of hydrogen-bond acceptors (Lipinski definition) is 7. The Bertz CT molecular complexity index is 1180. The summed E-state index contributed by atoms with van der Waals surface area (Å²) in [5.41, 5.74) is 10.9. The number of nitrogens with two attached hydrogens (primary N) is 1. The van der Waals surface area contributed by atoms with Crippen LogP contribution in [0, 0.1) is 0 Å². The van der Waals surface area contributed by atoms with Crippen LogP contribution >= 0.6 is 11.6 Å². The maximum Gasteiger partial charge on any atom is 0.186 e. The van der Waals surface area contributed by atoms with E-state index >= 15 is 0 Å². The van der Waals surface area contributed by atoms with Crippen LogP contribution in [0.3, 0.4) is 0 Å². The molecule has 0 radical (unpaired) electrons. The van der Waals surface area contributed by atoms with Crippen molar-refractivity contribution in [2.75, 3.05) is 43.0 Å². The lowest BCUT2D eigenvalue weighted by molar-refractivity contribution is 0.0590. The molecule has 5 rings (SSSR count). The number of likely N-dealkylation sites (N-methyl/N-ethyl adjacent to an activating group) is 1. The number of rotatable bonds is 4. The maximum atomic E-state index is 11.2. The number of anilines is 2. The number of aliphatic hydroxyl groups excluding tert-OH is 1. The number of pyridine rings is 1. The quantitative estimate of drug-likeness (QED) is 0.525. The van der Waals surface area contributed by atoms with Gasteiger partial charge in [-0.2, -0.15) is 0 Å².